The summed E-state index contributed by atoms with van der Waals surface area (Å²) in [5, 5.41) is 2.73. The first-order chi connectivity index (χ1) is 8.00. The lowest BCUT2D eigenvalue weighted by Gasteiger charge is -2.31. The molecule has 5 N–H and O–H groups in total. The fourth-order valence-corrected chi connectivity index (χ4v) is 2.18. The van der Waals surface area contributed by atoms with Gasteiger partial charge in [-0.3, -0.25) is 4.79 Å². The maximum absolute atomic E-state index is 11.9. The lowest BCUT2D eigenvalue weighted by atomic mass is 9.78. The molecule has 0 aliphatic heterocycles. The molecule has 0 bridgehead atoms. The summed E-state index contributed by atoms with van der Waals surface area (Å²) in [6, 6.07) is 0.115. The zero-order valence-electron chi connectivity index (χ0n) is 10.1. The first-order valence-electron chi connectivity index (χ1n) is 5.96. The van der Waals surface area contributed by atoms with Gasteiger partial charge in [0.05, 0.1) is 6.54 Å². The molecule has 0 aromatic heterocycles. The molecule has 0 spiro atoms. The number of hydrogen-bond acceptors (Lipinski definition) is 4. The molecule has 1 aliphatic carbocycles. The van der Waals surface area contributed by atoms with Gasteiger partial charge in [0.15, 0.2) is 0 Å². The number of primary amides is 1. The fraction of sp³-hybridized carbons (Fsp3) is 0.818. The largest absolute Gasteiger partial charge is 0.448 e. The van der Waals surface area contributed by atoms with Crippen molar-refractivity contribution >= 4 is 12.0 Å². The van der Waals surface area contributed by atoms with Crippen molar-refractivity contribution in [2.75, 3.05) is 13.2 Å². The van der Waals surface area contributed by atoms with Crippen LogP contribution in [0.4, 0.5) is 4.79 Å². The second-order valence-electron chi connectivity index (χ2n) is 4.62. The summed E-state index contributed by atoms with van der Waals surface area (Å²) in [5.74, 6) is 0.305. The highest BCUT2D eigenvalue weighted by Crippen LogP contribution is 2.28. The normalized spacial score (nSPS) is 28.5. The Morgan fingerprint density at radius 2 is 2.12 bits per heavy atom. The van der Waals surface area contributed by atoms with Gasteiger partial charge in [-0.1, -0.05) is 6.92 Å². The third-order valence-corrected chi connectivity index (χ3v) is 3.22. The molecule has 6 heteroatoms. The fourth-order valence-electron chi connectivity index (χ4n) is 2.18. The molecule has 0 saturated heterocycles. The third-order valence-electron chi connectivity index (χ3n) is 3.22. The molecule has 1 saturated carbocycles. The van der Waals surface area contributed by atoms with Crippen LogP contribution in [-0.4, -0.2) is 31.2 Å². The number of ether oxygens (including phenoxy) is 1. The lowest BCUT2D eigenvalue weighted by Crippen LogP contribution is -2.42. The summed E-state index contributed by atoms with van der Waals surface area (Å²) < 4.78 is 4.53. The number of rotatable bonds is 4. The molecule has 3 unspecified atom stereocenters. The molecule has 17 heavy (non-hydrogen) atoms. The monoisotopic (exact) mass is 243 g/mol. The highest BCUT2D eigenvalue weighted by Gasteiger charge is 2.30. The Bertz CT molecular complexity index is 283. The molecule has 0 radical (unpaired) electrons. The van der Waals surface area contributed by atoms with Crippen molar-refractivity contribution in [3.8, 4) is 0 Å². The van der Waals surface area contributed by atoms with E-state index in [0.29, 0.717) is 12.5 Å². The Balaban J connectivity index is 2.28. The van der Waals surface area contributed by atoms with Crippen LogP contribution in [0.5, 0.6) is 0 Å². The van der Waals surface area contributed by atoms with E-state index in [9.17, 15) is 9.59 Å². The van der Waals surface area contributed by atoms with Crippen LogP contribution in [0.2, 0.25) is 0 Å². The molecule has 3 atom stereocenters. The first-order valence-corrected chi connectivity index (χ1v) is 5.96. The number of carbonyl (C=O) groups is 2. The van der Waals surface area contributed by atoms with Gasteiger partial charge in [0, 0.05) is 12.0 Å². The number of amides is 2. The van der Waals surface area contributed by atoms with E-state index in [0.717, 1.165) is 19.3 Å². The van der Waals surface area contributed by atoms with Gasteiger partial charge in [0.2, 0.25) is 5.91 Å². The van der Waals surface area contributed by atoms with E-state index in [1.165, 1.54) is 0 Å². The van der Waals surface area contributed by atoms with E-state index in [4.69, 9.17) is 11.5 Å². The first kappa shape index (κ1) is 13.8. The summed E-state index contributed by atoms with van der Waals surface area (Å²) in [6.07, 6.45) is 1.86. The summed E-state index contributed by atoms with van der Waals surface area (Å²) in [4.78, 5) is 22.2. The molecular weight excluding hydrogens is 222 g/mol. The van der Waals surface area contributed by atoms with Gasteiger partial charge in [-0.05, 0) is 25.2 Å². The molecule has 0 aromatic rings. The predicted molar refractivity (Wildman–Crippen MR) is 63.0 cm³/mol. The van der Waals surface area contributed by atoms with Crippen LogP contribution < -0.4 is 16.8 Å². The number of nitrogens with one attached hydrogen (secondary N) is 1. The van der Waals surface area contributed by atoms with Crippen molar-refractivity contribution in [3.63, 3.8) is 0 Å². The Labute approximate surface area is 101 Å². The van der Waals surface area contributed by atoms with E-state index in [1.54, 1.807) is 0 Å². The Morgan fingerprint density at radius 1 is 1.41 bits per heavy atom. The minimum atomic E-state index is -0.827. The van der Waals surface area contributed by atoms with Crippen LogP contribution in [-0.2, 0) is 9.53 Å². The average Bonchev–Trinajstić information content (AvgIpc) is 2.27. The van der Waals surface area contributed by atoms with Crippen molar-refractivity contribution in [2.45, 2.75) is 32.2 Å². The van der Waals surface area contributed by atoms with E-state index in [1.807, 2.05) is 0 Å². The molecule has 6 nitrogen and oxygen atoms in total. The predicted octanol–water partition coefficient (Wildman–Crippen LogP) is -0.0386. The maximum Gasteiger partial charge on any atom is 0.404 e. The Morgan fingerprint density at radius 3 is 2.76 bits per heavy atom. The van der Waals surface area contributed by atoms with Crippen LogP contribution in [0.3, 0.4) is 0 Å². The second-order valence-corrected chi connectivity index (χ2v) is 4.62. The van der Waals surface area contributed by atoms with E-state index >= 15 is 0 Å². The van der Waals surface area contributed by atoms with Crippen molar-refractivity contribution in [1.29, 1.82) is 0 Å². The van der Waals surface area contributed by atoms with Crippen LogP contribution in [0.1, 0.15) is 26.2 Å². The van der Waals surface area contributed by atoms with Crippen molar-refractivity contribution in [2.24, 2.45) is 23.3 Å². The van der Waals surface area contributed by atoms with Gasteiger partial charge in [0.1, 0.15) is 6.61 Å². The quantitative estimate of drug-likeness (QED) is 0.602. The minimum Gasteiger partial charge on any atom is -0.448 e. The minimum absolute atomic E-state index is 0.0132. The van der Waals surface area contributed by atoms with Gasteiger partial charge in [-0.15, -0.1) is 0 Å². The number of carbonyl (C=O) groups excluding carboxylic acids is 2. The Hall–Kier alpha value is -1.30. The van der Waals surface area contributed by atoms with Crippen LogP contribution in [0, 0.1) is 11.8 Å². The molecule has 98 valence electrons. The SMILES string of the molecule is CC1CCC(N)CC1C(=O)NCCOC(N)=O. The van der Waals surface area contributed by atoms with Crippen LogP contribution in [0.15, 0.2) is 0 Å². The second kappa shape index (κ2) is 6.44. The molecular formula is C11H21N3O3. The van der Waals surface area contributed by atoms with Crippen molar-refractivity contribution < 1.29 is 14.3 Å². The molecule has 1 rings (SSSR count). The van der Waals surface area contributed by atoms with E-state index in [-0.39, 0.29) is 24.5 Å². The van der Waals surface area contributed by atoms with E-state index in [2.05, 4.69) is 17.0 Å². The average molecular weight is 243 g/mol. The zero-order valence-corrected chi connectivity index (χ0v) is 10.1. The van der Waals surface area contributed by atoms with Crippen LogP contribution >= 0.6 is 0 Å². The molecule has 2 amide bonds. The van der Waals surface area contributed by atoms with Crippen LogP contribution in [0.25, 0.3) is 0 Å². The standard InChI is InChI=1S/C11H21N3O3/c1-7-2-3-8(12)6-9(7)10(15)14-4-5-17-11(13)16/h7-9H,2-6,12H2,1H3,(H2,13,16)(H,14,15). The molecule has 1 fully saturated rings. The highest BCUT2D eigenvalue weighted by molar-refractivity contribution is 5.79. The highest BCUT2D eigenvalue weighted by atomic mass is 16.5. The smallest absolute Gasteiger partial charge is 0.404 e. The van der Waals surface area contributed by atoms with Gasteiger partial charge in [0.25, 0.3) is 0 Å². The van der Waals surface area contributed by atoms with E-state index < -0.39 is 6.09 Å². The molecule has 1 aliphatic rings. The van der Waals surface area contributed by atoms with Gasteiger partial charge < -0.3 is 21.5 Å². The molecule has 0 heterocycles. The third kappa shape index (κ3) is 4.60. The molecule has 0 aromatic carbocycles. The van der Waals surface area contributed by atoms with Crippen molar-refractivity contribution in [3.05, 3.63) is 0 Å². The number of hydrogen-bond donors (Lipinski definition) is 3. The summed E-state index contributed by atoms with van der Waals surface area (Å²) in [7, 11) is 0. The number of nitrogens with two attached hydrogens (primary N) is 2. The van der Waals surface area contributed by atoms with Gasteiger partial charge in [-0.2, -0.15) is 0 Å². The Kier molecular flexibility index (Phi) is 5.21. The van der Waals surface area contributed by atoms with Gasteiger partial charge >= 0.3 is 6.09 Å². The maximum atomic E-state index is 11.9. The van der Waals surface area contributed by atoms with Crippen molar-refractivity contribution in [1.82, 2.24) is 5.32 Å². The zero-order chi connectivity index (χ0) is 12.8. The summed E-state index contributed by atoms with van der Waals surface area (Å²) in [6.45, 7) is 2.46. The summed E-state index contributed by atoms with van der Waals surface area (Å²) in [5.41, 5.74) is 10.7. The summed E-state index contributed by atoms with van der Waals surface area (Å²) >= 11 is 0. The van der Waals surface area contributed by atoms with Gasteiger partial charge in [-0.25, -0.2) is 4.79 Å². The topological polar surface area (TPSA) is 107 Å². The lowest BCUT2D eigenvalue weighted by molar-refractivity contribution is -0.127.